The molecule has 3 rings (SSSR count). The molecule has 1 aromatic heterocycles. The van der Waals surface area contributed by atoms with Crippen LogP contribution in [-0.2, 0) is 0 Å². The summed E-state index contributed by atoms with van der Waals surface area (Å²) in [5.41, 5.74) is 6.57. The van der Waals surface area contributed by atoms with Crippen molar-refractivity contribution >= 4 is 23.1 Å². The lowest BCUT2D eigenvalue weighted by Gasteiger charge is -2.13. The van der Waals surface area contributed by atoms with E-state index in [-0.39, 0.29) is 0 Å². The summed E-state index contributed by atoms with van der Waals surface area (Å²) in [7, 11) is 0. The normalized spacial score (nSPS) is 10.5. The molecule has 0 radical (unpaired) electrons. The number of rotatable bonds is 4. The van der Waals surface area contributed by atoms with Gasteiger partial charge in [-0.3, -0.25) is 0 Å². The van der Waals surface area contributed by atoms with Gasteiger partial charge >= 0.3 is 0 Å². The summed E-state index contributed by atoms with van der Waals surface area (Å²) >= 11 is 0. The third-order valence-electron chi connectivity index (χ3n) is 3.89. The fraction of sp³-hybridized carbons (Fsp3) is 0.200. The van der Waals surface area contributed by atoms with E-state index in [0.29, 0.717) is 5.95 Å². The first-order valence-corrected chi connectivity index (χ1v) is 8.04. The summed E-state index contributed by atoms with van der Waals surface area (Å²) in [6, 6.07) is 16.4. The van der Waals surface area contributed by atoms with E-state index >= 15 is 0 Å². The number of anilines is 4. The van der Waals surface area contributed by atoms with Crippen molar-refractivity contribution in [3.05, 3.63) is 70.9 Å². The zero-order valence-electron chi connectivity index (χ0n) is 14.5. The van der Waals surface area contributed by atoms with Gasteiger partial charge in [0.25, 0.3) is 0 Å². The van der Waals surface area contributed by atoms with Gasteiger partial charge < -0.3 is 10.6 Å². The Morgan fingerprint density at radius 3 is 2.21 bits per heavy atom. The van der Waals surface area contributed by atoms with Crippen LogP contribution in [0.3, 0.4) is 0 Å². The second kappa shape index (κ2) is 6.71. The Hall–Kier alpha value is -2.88. The highest BCUT2D eigenvalue weighted by Crippen LogP contribution is 2.23. The van der Waals surface area contributed by atoms with Gasteiger partial charge in [-0.25, -0.2) is 4.98 Å². The monoisotopic (exact) mass is 318 g/mol. The summed E-state index contributed by atoms with van der Waals surface area (Å²) in [6.45, 7) is 8.21. The zero-order valence-corrected chi connectivity index (χ0v) is 14.5. The molecule has 0 aliphatic carbocycles. The third-order valence-corrected chi connectivity index (χ3v) is 3.89. The first kappa shape index (κ1) is 16.0. The van der Waals surface area contributed by atoms with Crippen LogP contribution in [0.15, 0.2) is 48.5 Å². The summed E-state index contributed by atoms with van der Waals surface area (Å²) < 4.78 is 0. The number of hydrogen-bond donors (Lipinski definition) is 2. The number of para-hydroxylation sites is 1. The van der Waals surface area contributed by atoms with Crippen molar-refractivity contribution in [3.8, 4) is 0 Å². The molecule has 2 N–H and O–H groups in total. The summed E-state index contributed by atoms with van der Waals surface area (Å²) in [6.07, 6.45) is 0. The molecule has 3 aromatic rings. The fourth-order valence-corrected chi connectivity index (χ4v) is 2.61. The van der Waals surface area contributed by atoms with Crippen molar-refractivity contribution < 1.29 is 0 Å². The fourth-order valence-electron chi connectivity index (χ4n) is 2.61. The summed E-state index contributed by atoms with van der Waals surface area (Å²) in [5.74, 6) is 1.38. The number of aromatic nitrogens is 2. The smallest absolute Gasteiger partial charge is 0.229 e. The van der Waals surface area contributed by atoms with Crippen molar-refractivity contribution in [2.45, 2.75) is 27.7 Å². The van der Waals surface area contributed by atoms with E-state index in [1.807, 2.05) is 31.2 Å². The van der Waals surface area contributed by atoms with Crippen molar-refractivity contribution in [1.29, 1.82) is 0 Å². The van der Waals surface area contributed by atoms with E-state index in [9.17, 15) is 0 Å². The molecular formula is C20H22N4. The van der Waals surface area contributed by atoms with Crippen LogP contribution >= 0.6 is 0 Å². The van der Waals surface area contributed by atoms with Crippen LogP contribution in [0.1, 0.15) is 22.4 Å². The van der Waals surface area contributed by atoms with Gasteiger partial charge in [-0.15, -0.1) is 0 Å². The Labute approximate surface area is 143 Å². The Morgan fingerprint density at radius 1 is 0.708 bits per heavy atom. The average Bonchev–Trinajstić information content (AvgIpc) is 2.52. The van der Waals surface area contributed by atoms with Gasteiger partial charge in [0.1, 0.15) is 5.82 Å². The molecule has 0 aliphatic rings. The maximum Gasteiger partial charge on any atom is 0.229 e. The third kappa shape index (κ3) is 3.71. The SMILES string of the molecule is Cc1ccc(Nc2nc(C)cc(Nc3ccccc3C)n2)c(C)c1. The van der Waals surface area contributed by atoms with Crippen LogP contribution in [0, 0.1) is 27.7 Å². The molecular weight excluding hydrogens is 296 g/mol. The van der Waals surface area contributed by atoms with Crippen molar-refractivity contribution in [2.75, 3.05) is 10.6 Å². The lowest BCUT2D eigenvalue weighted by molar-refractivity contribution is 1.10. The van der Waals surface area contributed by atoms with Crippen LogP contribution in [-0.4, -0.2) is 9.97 Å². The minimum absolute atomic E-state index is 0.595. The second-order valence-electron chi connectivity index (χ2n) is 6.10. The topological polar surface area (TPSA) is 49.8 Å². The lowest BCUT2D eigenvalue weighted by Crippen LogP contribution is -2.03. The number of nitrogens with zero attached hydrogens (tertiary/aromatic N) is 2. The highest BCUT2D eigenvalue weighted by Gasteiger charge is 2.06. The Bertz CT molecular complexity index is 871. The highest BCUT2D eigenvalue weighted by atomic mass is 15.1. The van der Waals surface area contributed by atoms with Crippen molar-refractivity contribution in [2.24, 2.45) is 0 Å². The molecule has 0 bridgehead atoms. The Balaban J connectivity index is 1.87. The van der Waals surface area contributed by atoms with E-state index in [4.69, 9.17) is 0 Å². The second-order valence-corrected chi connectivity index (χ2v) is 6.10. The van der Waals surface area contributed by atoms with E-state index in [1.165, 1.54) is 16.7 Å². The predicted octanol–water partition coefficient (Wildman–Crippen LogP) is 5.20. The maximum absolute atomic E-state index is 4.60. The summed E-state index contributed by atoms with van der Waals surface area (Å²) in [5, 5.41) is 6.69. The number of nitrogens with one attached hydrogen (secondary N) is 2. The van der Waals surface area contributed by atoms with Crippen LogP contribution in [0.5, 0.6) is 0 Å². The summed E-state index contributed by atoms with van der Waals surface area (Å²) in [4.78, 5) is 9.09. The van der Waals surface area contributed by atoms with Crippen LogP contribution < -0.4 is 10.6 Å². The molecule has 0 aliphatic heterocycles. The maximum atomic E-state index is 4.60. The average molecular weight is 318 g/mol. The molecule has 4 heteroatoms. The van der Waals surface area contributed by atoms with Gasteiger partial charge in [0.05, 0.1) is 0 Å². The number of aryl methyl sites for hydroxylation is 4. The van der Waals surface area contributed by atoms with E-state index in [1.54, 1.807) is 0 Å². The molecule has 24 heavy (non-hydrogen) atoms. The Morgan fingerprint density at radius 2 is 1.46 bits per heavy atom. The van der Waals surface area contributed by atoms with Gasteiger partial charge in [-0.05, 0) is 51.0 Å². The molecule has 0 amide bonds. The van der Waals surface area contributed by atoms with E-state index in [0.717, 1.165) is 22.9 Å². The van der Waals surface area contributed by atoms with Gasteiger partial charge in [0, 0.05) is 23.1 Å². The molecule has 0 spiro atoms. The largest absolute Gasteiger partial charge is 0.340 e. The molecule has 2 aromatic carbocycles. The predicted molar refractivity (Wildman–Crippen MR) is 100 cm³/mol. The molecule has 122 valence electrons. The first-order valence-electron chi connectivity index (χ1n) is 8.04. The zero-order chi connectivity index (χ0) is 17.1. The molecule has 4 nitrogen and oxygen atoms in total. The van der Waals surface area contributed by atoms with Gasteiger partial charge in [0.15, 0.2) is 0 Å². The lowest BCUT2D eigenvalue weighted by atomic mass is 10.1. The molecule has 0 fully saturated rings. The molecule has 0 saturated carbocycles. The molecule has 1 heterocycles. The first-order chi connectivity index (χ1) is 11.5. The molecule has 0 unspecified atom stereocenters. The van der Waals surface area contributed by atoms with Gasteiger partial charge in [0.2, 0.25) is 5.95 Å². The highest BCUT2D eigenvalue weighted by molar-refractivity contribution is 5.63. The standard InChI is InChI=1S/C20H22N4/c1-13-9-10-18(15(3)11-13)23-20-21-16(4)12-19(24-20)22-17-8-6-5-7-14(17)2/h5-12H,1-4H3,(H2,21,22,23,24). The Kier molecular flexibility index (Phi) is 4.47. The van der Waals surface area contributed by atoms with Crippen LogP contribution in [0.25, 0.3) is 0 Å². The number of benzene rings is 2. The van der Waals surface area contributed by atoms with Gasteiger partial charge in [-0.1, -0.05) is 35.9 Å². The minimum atomic E-state index is 0.595. The van der Waals surface area contributed by atoms with E-state index < -0.39 is 0 Å². The number of hydrogen-bond acceptors (Lipinski definition) is 4. The van der Waals surface area contributed by atoms with Gasteiger partial charge in [-0.2, -0.15) is 4.98 Å². The van der Waals surface area contributed by atoms with Crippen molar-refractivity contribution in [1.82, 2.24) is 9.97 Å². The molecule has 0 saturated heterocycles. The molecule has 0 atom stereocenters. The van der Waals surface area contributed by atoms with Crippen LogP contribution in [0.2, 0.25) is 0 Å². The minimum Gasteiger partial charge on any atom is -0.340 e. The van der Waals surface area contributed by atoms with Crippen molar-refractivity contribution in [3.63, 3.8) is 0 Å². The van der Waals surface area contributed by atoms with Crippen LogP contribution in [0.4, 0.5) is 23.1 Å². The van der Waals surface area contributed by atoms with E-state index in [2.05, 4.69) is 65.6 Å². The quantitative estimate of drug-likeness (QED) is 0.694.